The van der Waals surface area contributed by atoms with E-state index in [0.717, 1.165) is 0 Å². The number of nitrogens with zero attached hydrogens (tertiary/aromatic N) is 1. The molecule has 1 fully saturated rings. The number of rotatable bonds is 1. The minimum absolute atomic E-state index is 1.46. The van der Waals surface area contributed by atoms with Crippen LogP contribution in [0, 0.1) is 0 Å². The van der Waals surface area contributed by atoms with E-state index in [0.29, 0.717) is 0 Å². The van der Waals surface area contributed by atoms with E-state index in [-0.39, 0.29) is 0 Å². The Bertz CT molecular complexity index is 239. The van der Waals surface area contributed by atoms with E-state index in [4.69, 9.17) is 22.2 Å². The average Bonchev–Trinajstić information content (AvgIpc) is 1.71. The van der Waals surface area contributed by atoms with Gasteiger partial charge < -0.3 is 13.2 Å². The molecular weight excluding hydrogens is 297 g/mol. The smallest absolute Gasteiger partial charge is 0.298 e. The molecule has 0 aromatic heterocycles. The third-order valence-corrected chi connectivity index (χ3v) is 27.2. The first kappa shape index (κ1) is 14.4. The lowest BCUT2D eigenvalue weighted by Crippen LogP contribution is -2.89. The van der Waals surface area contributed by atoms with Crippen LogP contribution in [-0.2, 0) is 0 Å². The third-order valence-electron chi connectivity index (χ3n) is 2.64. The zero-order valence-electron chi connectivity index (χ0n) is 10.3. The second kappa shape index (κ2) is 4.21. The molecule has 1 rings (SSSR count). The Morgan fingerprint density at radius 3 is 1.47 bits per heavy atom. The summed E-state index contributed by atoms with van der Waals surface area (Å²) in [5.41, 5.74) is 0. The summed E-state index contributed by atoms with van der Waals surface area (Å²) in [6.07, 6.45) is 0. The normalized spacial score (nSPS) is 29.4. The Hall–Kier alpha value is 1.33. The van der Waals surface area contributed by atoms with Crippen LogP contribution in [0.5, 0.6) is 0 Å². The van der Waals surface area contributed by atoms with Gasteiger partial charge in [-0.15, -0.1) is 22.2 Å². The van der Waals surface area contributed by atoms with E-state index in [1.54, 1.807) is 0 Å². The van der Waals surface area contributed by atoms with E-state index in [1.807, 2.05) is 0 Å². The summed E-state index contributed by atoms with van der Waals surface area (Å²) >= 11 is 12.5. The van der Waals surface area contributed by atoms with E-state index < -0.39 is 32.8 Å². The molecule has 1 aliphatic rings. The van der Waals surface area contributed by atoms with Crippen molar-refractivity contribution in [3.63, 3.8) is 0 Å². The highest BCUT2D eigenvalue weighted by molar-refractivity contribution is 7.38. The lowest BCUT2D eigenvalue weighted by molar-refractivity contribution is 0.847. The number of halogens is 2. The topological polar surface area (TPSA) is 27.3 Å². The molecule has 0 aromatic rings. The van der Waals surface area contributed by atoms with Crippen LogP contribution in [0.4, 0.5) is 0 Å². The molecule has 1 heterocycles. The van der Waals surface area contributed by atoms with Gasteiger partial charge in [0.05, 0.1) is 0 Å². The molecule has 9 heteroatoms. The Morgan fingerprint density at radius 2 is 1.20 bits per heavy atom. The van der Waals surface area contributed by atoms with Gasteiger partial charge in [0.25, 0.3) is 7.58 Å². The van der Waals surface area contributed by atoms with Crippen molar-refractivity contribution >= 4 is 54.9 Å². The molecule has 1 aliphatic heterocycles. The fourth-order valence-corrected chi connectivity index (χ4v) is 37.3. The first-order chi connectivity index (χ1) is 6.48. The maximum atomic E-state index is 6.25. The summed E-state index contributed by atoms with van der Waals surface area (Å²) in [4.78, 5) is 0. The highest BCUT2D eigenvalue weighted by Crippen LogP contribution is 2.27. The predicted octanol–water partition coefficient (Wildman–Crippen LogP) is 1.78. The van der Waals surface area contributed by atoms with Gasteiger partial charge in [-0.2, -0.15) is 0 Å². The minimum atomic E-state index is -1.76. The molecule has 0 atom stereocenters. The summed E-state index contributed by atoms with van der Waals surface area (Å²) in [5.74, 6) is 0. The Balaban J connectivity index is 3.07. The molecular formula is C6H21Cl2N3Si4. The first-order valence-electron chi connectivity index (χ1n) is 5.14. The third kappa shape index (κ3) is 3.17. The highest BCUT2D eigenvalue weighted by Gasteiger charge is 2.53. The summed E-state index contributed by atoms with van der Waals surface area (Å²) in [6.45, 7) is 13.9. The standard InChI is InChI=1S/C6H21Cl2N3Si4/c1-13(2)9-14(3,4)11(12(7)8)15(5,6)10-13/h9-10,12H,1-6H3. The predicted molar refractivity (Wildman–Crippen MR) is 79.4 cm³/mol. The van der Waals surface area contributed by atoms with Crippen LogP contribution < -0.4 is 9.30 Å². The van der Waals surface area contributed by atoms with Crippen LogP contribution in [0.15, 0.2) is 0 Å². The summed E-state index contributed by atoms with van der Waals surface area (Å²) in [6, 6.07) is 0. The van der Waals surface area contributed by atoms with E-state index in [1.165, 1.54) is 0 Å². The Labute approximate surface area is 107 Å². The number of hydrogen-bond donors (Lipinski definition) is 2. The van der Waals surface area contributed by atoms with Gasteiger partial charge >= 0.3 is 0 Å². The van der Waals surface area contributed by atoms with Crippen molar-refractivity contribution in [2.24, 2.45) is 0 Å². The molecule has 2 N–H and O–H groups in total. The van der Waals surface area contributed by atoms with Gasteiger partial charge in [0.1, 0.15) is 0 Å². The van der Waals surface area contributed by atoms with Crippen LogP contribution in [-0.4, -0.2) is 36.7 Å². The molecule has 0 amide bonds. The molecule has 0 unspecified atom stereocenters. The Morgan fingerprint density at radius 1 is 0.867 bits per heavy atom. The lowest BCUT2D eigenvalue weighted by Gasteiger charge is -2.57. The van der Waals surface area contributed by atoms with Gasteiger partial charge in [-0.3, -0.25) is 0 Å². The largest absolute Gasteiger partial charge is 0.337 e. The quantitative estimate of drug-likeness (QED) is 0.570. The second-order valence-corrected chi connectivity index (χ2v) is 23.8. The molecule has 15 heavy (non-hydrogen) atoms. The molecule has 1 saturated heterocycles. The zero-order valence-corrected chi connectivity index (χ0v) is 15.9. The molecule has 90 valence electrons. The van der Waals surface area contributed by atoms with Crippen molar-refractivity contribution in [1.29, 1.82) is 0 Å². The van der Waals surface area contributed by atoms with Gasteiger partial charge in [0.2, 0.25) is 0 Å². The SMILES string of the molecule is C[Si]1(C)N[Si](C)(C)N([SiH](Cl)Cl)[Si](C)(C)N1. The van der Waals surface area contributed by atoms with Gasteiger partial charge in [0, 0.05) is 0 Å². The van der Waals surface area contributed by atoms with E-state index >= 15 is 0 Å². The van der Waals surface area contributed by atoms with E-state index in [9.17, 15) is 0 Å². The number of nitrogens with one attached hydrogen (secondary N) is 2. The number of hydrogen-bond acceptors (Lipinski definition) is 3. The molecule has 0 radical (unpaired) electrons. The summed E-state index contributed by atoms with van der Waals surface area (Å²) < 4.78 is 10.1. The monoisotopic (exact) mass is 317 g/mol. The molecule has 0 aliphatic carbocycles. The maximum Gasteiger partial charge on any atom is 0.298 e. The van der Waals surface area contributed by atoms with Crippen molar-refractivity contribution in [2.45, 2.75) is 39.3 Å². The fourth-order valence-electron chi connectivity index (χ4n) is 2.87. The molecule has 0 aromatic carbocycles. The summed E-state index contributed by atoms with van der Waals surface area (Å²) in [5, 5.41) is 0. The van der Waals surface area contributed by atoms with Crippen molar-refractivity contribution in [1.82, 2.24) is 13.2 Å². The molecule has 0 spiro atoms. The summed E-state index contributed by atoms with van der Waals surface area (Å²) in [7, 11) is -6.45. The molecule has 3 nitrogen and oxygen atoms in total. The van der Waals surface area contributed by atoms with Crippen LogP contribution in [0.2, 0.25) is 39.3 Å². The van der Waals surface area contributed by atoms with Gasteiger partial charge in [-0.25, -0.2) is 0 Å². The first-order valence-corrected chi connectivity index (χ1v) is 18.0. The Kier molecular flexibility index (Phi) is 4.04. The fraction of sp³-hybridized carbons (Fsp3) is 1.00. The molecule has 0 bridgehead atoms. The van der Waals surface area contributed by atoms with Crippen molar-refractivity contribution in [3.05, 3.63) is 0 Å². The zero-order chi connectivity index (χ0) is 12.1. The van der Waals surface area contributed by atoms with Crippen molar-refractivity contribution in [2.75, 3.05) is 0 Å². The van der Waals surface area contributed by atoms with Crippen LogP contribution >= 0.6 is 22.2 Å². The van der Waals surface area contributed by atoms with Crippen LogP contribution in [0.3, 0.4) is 0 Å². The minimum Gasteiger partial charge on any atom is -0.337 e. The van der Waals surface area contributed by atoms with Crippen molar-refractivity contribution < 1.29 is 0 Å². The van der Waals surface area contributed by atoms with Crippen LogP contribution in [0.1, 0.15) is 0 Å². The molecule has 0 saturated carbocycles. The van der Waals surface area contributed by atoms with Gasteiger partial charge in [-0.1, -0.05) is 0 Å². The highest BCUT2D eigenvalue weighted by atomic mass is 35.7. The average molecular weight is 319 g/mol. The lowest BCUT2D eigenvalue weighted by atomic mass is 11.9. The van der Waals surface area contributed by atoms with E-state index in [2.05, 4.69) is 52.5 Å². The second-order valence-electron chi connectivity index (χ2n) is 5.64. The van der Waals surface area contributed by atoms with Crippen molar-refractivity contribution in [3.8, 4) is 0 Å². The van der Waals surface area contributed by atoms with Gasteiger partial charge in [-0.05, 0) is 39.3 Å². The van der Waals surface area contributed by atoms with Gasteiger partial charge in [0.15, 0.2) is 25.2 Å². The van der Waals surface area contributed by atoms with Crippen LogP contribution in [0.25, 0.3) is 0 Å². The maximum absolute atomic E-state index is 6.25.